The lowest BCUT2D eigenvalue weighted by molar-refractivity contribution is -0.136. The van der Waals surface area contributed by atoms with Gasteiger partial charge in [0.2, 0.25) is 5.91 Å². The number of morpholine rings is 1. The molecule has 5 heteroatoms. The zero-order chi connectivity index (χ0) is 13.0. The van der Waals surface area contributed by atoms with Crippen molar-refractivity contribution < 1.29 is 14.6 Å². The molecule has 1 heterocycles. The second-order valence-corrected chi connectivity index (χ2v) is 5.58. The van der Waals surface area contributed by atoms with E-state index in [9.17, 15) is 9.90 Å². The van der Waals surface area contributed by atoms with E-state index in [-0.39, 0.29) is 12.0 Å². The van der Waals surface area contributed by atoms with E-state index in [0.717, 1.165) is 38.8 Å². The van der Waals surface area contributed by atoms with Gasteiger partial charge in [0, 0.05) is 26.7 Å². The third-order valence-electron chi connectivity index (χ3n) is 3.90. The van der Waals surface area contributed by atoms with Crippen molar-refractivity contribution in [2.45, 2.75) is 43.8 Å². The molecule has 0 aromatic rings. The third kappa shape index (κ3) is 3.67. The molecule has 18 heavy (non-hydrogen) atoms. The quantitative estimate of drug-likeness (QED) is 0.750. The first-order valence-corrected chi connectivity index (χ1v) is 6.88. The highest BCUT2D eigenvalue weighted by atomic mass is 16.5. The van der Waals surface area contributed by atoms with Gasteiger partial charge in [0.1, 0.15) is 0 Å². The number of carbonyl (C=O) groups excluding carboxylic acids is 1. The van der Waals surface area contributed by atoms with Crippen LogP contribution in [-0.4, -0.2) is 60.9 Å². The van der Waals surface area contributed by atoms with Gasteiger partial charge >= 0.3 is 0 Å². The van der Waals surface area contributed by atoms with Gasteiger partial charge in [0.15, 0.2) is 0 Å². The average Bonchev–Trinajstić information content (AvgIpc) is 2.77. The second-order valence-electron chi connectivity index (χ2n) is 5.58. The Bertz CT molecular complexity index is 284. The Morgan fingerprint density at radius 2 is 2.22 bits per heavy atom. The van der Waals surface area contributed by atoms with Crippen LogP contribution in [-0.2, 0) is 9.53 Å². The maximum atomic E-state index is 12.0. The van der Waals surface area contributed by atoms with Crippen molar-refractivity contribution in [3.63, 3.8) is 0 Å². The van der Waals surface area contributed by atoms with Crippen molar-refractivity contribution in [2.75, 3.05) is 33.3 Å². The minimum atomic E-state index is -0.657. The number of hydrogen-bond donors (Lipinski definition) is 2. The number of amides is 1. The lowest BCUT2D eigenvalue weighted by Crippen LogP contribution is -2.45. The van der Waals surface area contributed by atoms with E-state index >= 15 is 0 Å². The number of carbonyl (C=O) groups is 1. The van der Waals surface area contributed by atoms with Gasteiger partial charge in [-0.2, -0.15) is 0 Å². The predicted molar refractivity (Wildman–Crippen MR) is 68.3 cm³/mol. The number of aliphatic hydroxyl groups is 1. The summed E-state index contributed by atoms with van der Waals surface area (Å²) in [6, 6.07) is 0. The van der Waals surface area contributed by atoms with E-state index in [2.05, 4.69) is 5.32 Å². The van der Waals surface area contributed by atoms with Crippen molar-refractivity contribution in [3.8, 4) is 0 Å². The monoisotopic (exact) mass is 256 g/mol. The maximum Gasteiger partial charge on any atom is 0.225 e. The zero-order valence-corrected chi connectivity index (χ0v) is 11.2. The van der Waals surface area contributed by atoms with Crippen molar-refractivity contribution in [3.05, 3.63) is 0 Å². The molecule has 1 amide bonds. The molecule has 1 saturated heterocycles. The largest absolute Gasteiger partial charge is 0.388 e. The summed E-state index contributed by atoms with van der Waals surface area (Å²) in [4.78, 5) is 13.7. The molecule has 0 aromatic carbocycles. The van der Waals surface area contributed by atoms with E-state index in [1.54, 1.807) is 11.9 Å². The lowest BCUT2D eigenvalue weighted by atomic mass is 10.0. The summed E-state index contributed by atoms with van der Waals surface area (Å²) in [6.07, 6.45) is 4.13. The SMILES string of the molecule is CN(CC1(O)CCCC1)C(=O)CC1CNCCO1. The van der Waals surface area contributed by atoms with Crippen LogP contribution in [0.25, 0.3) is 0 Å². The van der Waals surface area contributed by atoms with Gasteiger partial charge in [-0.15, -0.1) is 0 Å². The molecule has 2 rings (SSSR count). The second kappa shape index (κ2) is 5.99. The van der Waals surface area contributed by atoms with Crippen LogP contribution >= 0.6 is 0 Å². The smallest absolute Gasteiger partial charge is 0.225 e. The first kappa shape index (κ1) is 13.8. The van der Waals surface area contributed by atoms with Crippen LogP contribution in [0.15, 0.2) is 0 Å². The van der Waals surface area contributed by atoms with E-state index in [0.29, 0.717) is 19.6 Å². The van der Waals surface area contributed by atoms with Crippen molar-refractivity contribution in [1.29, 1.82) is 0 Å². The number of nitrogens with one attached hydrogen (secondary N) is 1. The van der Waals surface area contributed by atoms with Crippen LogP contribution in [0.5, 0.6) is 0 Å². The Kier molecular flexibility index (Phi) is 4.59. The number of nitrogens with zero attached hydrogens (tertiary/aromatic N) is 1. The molecular formula is C13H24N2O3. The fraction of sp³-hybridized carbons (Fsp3) is 0.923. The maximum absolute atomic E-state index is 12.0. The summed E-state index contributed by atoms with van der Waals surface area (Å²) < 4.78 is 5.52. The molecule has 104 valence electrons. The minimum Gasteiger partial charge on any atom is -0.388 e. The van der Waals surface area contributed by atoms with Crippen LogP contribution in [0.3, 0.4) is 0 Å². The molecule has 0 aromatic heterocycles. The highest BCUT2D eigenvalue weighted by molar-refractivity contribution is 5.76. The van der Waals surface area contributed by atoms with E-state index in [1.807, 2.05) is 0 Å². The summed E-state index contributed by atoms with van der Waals surface area (Å²) in [5.41, 5.74) is -0.657. The number of ether oxygens (including phenoxy) is 1. The van der Waals surface area contributed by atoms with Crippen LogP contribution in [0.4, 0.5) is 0 Å². The molecule has 2 fully saturated rings. The molecule has 1 unspecified atom stereocenters. The van der Waals surface area contributed by atoms with Gasteiger partial charge in [-0.05, 0) is 12.8 Å². The summed E-state index contributed by atoms with van der Waals surface area (Å²) in [6.45, 7) is 2.72. The average molecular weight is 256 g/mol. The topological polar surface area (TPSA) is 61.8 Å². The number of rotatable bonds is 4. The van der Waals surface area contributed by atoms with Crippen LogP contribution in [0, 0.1) is 0 Å². The fourth-order valence-electron chi connectivity index (χ4n) is 2.82. The molecule has 2 N–H and O–H groups in total. The Labute approximate surface area is 108 Å². The molecule has 5 nitrogen and oxygen atoms in total. The van der Waals surface area contributed by atoms with Gasteiger partial charge in [-0.3, -0.25) is 4.79 Å². The highest BCUT2D eigenvalue weighted by Crippen LogP contribution is 2.30. The standard InChI is InChI=1S/C13H24N2O3/c1-15(10-13(17)4-2-3-5-13)12(16)8-11-9-14-6-7-18-11/h11,14,17H,2-10H2,1H3. The summed E-state index contributed by atoms with van der Waals surface area (Å²) in [7, 11) is 1.77. The van der Waals surface area contributed by atoms with E-state index in [1.165, 1.54) is 0 Å². The molecule has 1 atom stereocenters. The Hall–Kier alpha value is -0.650. The first-order valence-electron chi connectivity index (χ1n) is 6.88. The Morgan fingerprint density at radius 1 is 1.50 bits per heavy atom. The van der Waals surface area contributed by atoms with Gasteiger partial charge in [0.25, 0.3) is 0 Å². The van der Waals surface area contributed by atoms with Gasteiger partial charge in [-0.25, -0.2) is 0 Å². The van der Waals surface area contributed by atoms with Gasteiger partial charge in [0.05, 0.1) is 24.7 Å². The molecule has 0 radical (unpaired) electrons. The fourth-order valence-corrected chi connectivity index (χ4v) is 2.82. The zero-order valence-electron chi connectivity index (χ0n) is 11.2. The summed E-state index contributed by atoms with van der Waals surface area (Å²) in [5.74, 6) is 0.0593. The van der Waals surface area contributed by atoms with Gasteiger partial charge < -0.3 is 20.1 Å². The van der Waals surface area contributed by atoms with Gasteiger partial charge in [-0.1, -0.05) is 12.8 Å². The molecule has 2 aliphatic rings. The van der Waals surface area contributed by atoms with Crippen LogP contribution in [0.2, 0.25) is 0 Å². The summed E-state index contributed by atoms with van der Waals surface area (Å²) in [5, 5.41) is 13.5. The van der Waals surface area contributed by atoms with Crippen LogP contribution < -0.4 is 5.32 Å². The van der Waals surface area contributed by atoms with E-state index in [4.69, 9.17) is 4.74 Å². The highest BCUT2D eigenvalue weighted by Gasteiger charge is 2.33. The lowest BCUT2D eigenvalue weighted by Gasteiger charge is -2.30. The Morgan fingerprint density at radius 3 is 2.83 bits per heavy atom. The minimum absolute atomic E-state index is 0.0214. The summed E-state index contributed by atoms with van der Waals surface area (Å²) >= 11 is 0. The molecule has 1 aliphatic carbocycles. The molecule has 1 aliphatic heterocycles. The number of hydrogen-bond acceptors (Lipinski definition) is 4. The molecule has 0 bridgehead atoms. The molecular weight excluding hydrogens is 232 g/mol. The van der Waals surface area contributed by atoms with Crippen molar-refractivity contribution in [2.24, 2.45) is 0 Å². The predicted octanol–water partition coefficient (Wildman–Crippen LogP) is 0.128. The first-order chi connectivity index (χ1) is 8.59. The van der Waals surface area contributed by atoms with E-state index < -0.39 is 5.60 Å². The van der Waals surface area contributed by atoms with Crippen molar-refractivity contribution >= 4 is 5.91 Å². The van der Waals surface area contributed by atoms with Crippen molar-refractivity contribution in [1.82, 2.24) is 10.2 Å². The molecule has 1 saturated carbocycles. The number of likely N-dealkylation sites (N-methyl/N-ethyl adjacent to an activating group) is 1. The van der Waals surface area contributed by atoms with Crippen LogP contribution in [0.1, 0.15) is 32.1 Å². The molecule has 0 spiro atoms. The Balaban J connectivity index is 1.77. The normalized spacial score (nSPS) is 27.1. The third-order valence-corrected chi connectivity index (χ3v) is 3.90.